The van der Waals surface area contributed by atoms with Gasteiger partial charge in [-0.25, -0.2) is 0 Å². The number of aromatic nitrogens is 3. The molecule has 1 saturated heterocycles. The second kappa shape index (κ2) is 5.22. The van der Waals surface area contributed by atoms with Crippen LogP contribution < -0.4 is 0 Å². The maximum atomic E-state index is 10.6. The van der Waals surface area contributed by atoms with Crippen molar-refractivity contribution in [3.63, 3.8) is 0 Å². The summed E-state index contributed by atoms with van der Waals surface area (Å²) in [7, 11) is 1.88. The monoisotopic (exact) mass is 292 g/mol. The number of nitrogens with zero attached hydrogens (tertiary/aromatic N) is 4. The third-order valence-corrected chi connectivity index (χ3v) is 4.12. The summed E-state index contributed by atoms with van der Waals surface area (Å²) >= 11 is 1.60. The summed E-state index contributed by atoms with van der Waals surface area (Å²) in [4.78, 5) is 10.2. The zero-order valence-electron chi connectivity index (χ0n) is 10.7. The fourth-order valence-electron chi connectivity index (χ4n) is 1.76. The molecule has 20 heavy (non-hydrogen) atoms. The van der Waals surface area contributed by atoms with Gasteiger partial charge in [-0.2, -0.15) is 0 Å². The van der Waals surface area contributed by atoms with Crippen molar-refractivity contribution in [3.05, 3.63) is 34.4 Å². The van der Waals surface area contributed by atoms with Crippen LogP contribution in [0.4, 0.5) is 5.69 Å². The van der Waals surface area contributed by atoms with Crippen molar-refractivity contribution >= 4 is 17.4 Å². The Labute approximate surface area is 119 Å². The number of benzene rings is 1. The van der Waals surface area contributed by atoms with Gasteiger partial charge in [-0.15, -0.1) is 10.2 Å². The van der Waals surface area contributed by atoms with Crippen LogP contribution in [0.1, 0.15) is 0 Å². The number of ether oxygens (including phenoxy) is 1. The van der Waals surface area contributed by atoms with E-state index in [0.717, 1.165) is 23.1 Å². The lowest BCUT2D eigenvalue weighted by Gasteiger charge is -2.03. The maximum absolute atomic E-state index is 10.6. The highest BCUT2D eigenvalue weighted by Crippen LogP contribution is 2.26. The van der Waals surface area contributed by atoms with Crippen molar-refractivity contribution in [1.29, 1.82) is 0 Å². The highest BCUT2D eigenvalue weighted by Gasteiger charge is 2.23. The zero-order valence-corrected chi connectivity index (χ0v) is 11.5. The average Bonchev–Trinajstić information content (AvgIpc) is 3.20. The Hall–Kier alpha value is -1.93. The number of epoxide rings is 1. The molecule has 3 rings (SSSR count). The highest BCUT2D eigenvalue weighted by atomic mass is 32.2. The van der Waals surface area contributed by atoms with Crippen molar-refractivity contribution in [3.8, 4) is 11.4 Å². The van der Waals surface area contributed by atoms with Crippen LogP contribution in [0.3, 0.4) is 0 Å². The van der Waals surface area contributed by atoms with Gasteiger partial charge in [0.05, 0.1) is 17.6 Å². The molecule has 2 heterocycles. The Kier molecular flexibility index (Phi) is 3.41. The van der Waals surface area contributed by atoms with Crippen LogP contribution in [0.15, 0.2) is 29.4 Å². The molecule has 7 nitrogen and oxygen atoms in total. The normalized spacial score (nSPS) is 17.1. The second-order valence-corrected chi connectivity index (χ2v) is 5.42. The van der Waals surface area contributed by atoms with E-state index in [1.54, 1.807) is 23.9 Å². The van der Waals surface area contributed by atoms with Crippen LogP contribution in [-0.4, -0.2) is 38.2 Å². The largest absolute Gasteiger partial charge is 0.372 e. The van der Waals surface area contributed by atoms with Crippen LogP contribution in [0.25, 0.3) is 11.4 Å². The average molecular weight is 292 g/mol. The van der Waals surface area contributed by atoms with Gasteiger partial charge in [0.25, 0.3) is 5.69 Å². The number of thioether (sulfide) groups is 1. The Morgan fingerprint density at radius 3 is 2.75 bits per heavy atom. The van der Waals surface area contributed by atoms with E-state index in [9.17, 15) is 10.1 Å². The lowest BCUT2D eigenvalue weighted by molar-refractivity contribution is -0.384. The Morgan fingerprint density at radius 2 is 2.15 bits per heavy atom. The molecule has 0 radical (unpaired) electrons. The Morgan fingerprint density at radius 1 is 1.45 bits per heavy atom. The molecule has 104 valence electrons. The van der Waals surface area contributed by atoms with Gasteiger partial charge in [0.1, 0.15) is 0 Å². The number of nitro groups is 1. The summed E-state index contributed by atoms with van der Waals surface area (Å²) in [5.74, 6) is 1.56. The summed E-state index contributed by atoms with van der Waals surface area (Å²) in [6.45, 7) is 0.820. The Balaban J connectivity index is 1.80. The van der Waals surface area contributed by atoms with E-state index in [4.69, 9.17) is 4.74 Å². The maximum Gasteiger partial charge on any atom is 0.269 e. The lowest BCUT2D eigenvalue weighted by atomic mass is 10.2. The van der Waals surface area contributed by atoms with E-state index in [-0.39, 0.29) is 5.69 Å². The van der Waals surface area contributed by atoms with Crippen molar-refractivity contribution < 1.29 is 9.66 Å². The van der Waals surface area contributed by atoms with Gasteiger partial charge in [-0.05, 0) is 12.1 Å². The third-order valence-electron chi connectivity index (χ3n) is 2.97. The fourth-order valence-corrected chi connectivity index (χ4v) is 2.66. The molecule has 1 unspecified atom stereocenters. The van der Waals surface area contributed by atoms with Gasteiger partial charge in [-0.1, -0.05) is 11.8 Å². The first-order valence-electron chi connectivity index (χ1n) is 6.04. The molecule has 0 amide bonds. The lowest BCUT2D eigenvalue weighted by Crippen LogP contribution is -1.97. The molecule has 1 aliphatic rings. The number of hydrogen-bond acceptors (Lipinski definition) is 6. The standard InChI is InChI=1S/C12H12N4O3S/c1-15-11(8-2-4-9(5-3-8)16(17)18)13-14-12(15)20-7-10-6-19-10/h2-5,10H,6-7H2,1H3. The van der Waals surface area contributed by atoms with Crippen LogP contribution in [0.2, 0.25) is 0 Å². The van der Waals surface area contributed by atoms with Crippen molar-refractivity contribution in [2.24, 2.45) is 7.05 Å². The highest BCUT2D eigenvalue weighted by molar-refractivity contribution is 7.99. The molecular weight excluding hydrogens is 280 g/mol. The minimum Gasteiger partial charge on any atom is -0.372 e. The molecule has 2 aromatic rings. The third kappa shape index (κ3) is 2.66. The zero-order chi connectivity index (χ0) is 14.1. The van der Waals surface area contributed by atoms with Crippen LogP contribution >= 0.6 is 11.8 Å². The van der Waals surface area contributed by atoms with Gasteiger partial charge < -0.3 is 9.30 Å². The fraction of sp³-hybridized carbons (Fsp3) is 0.333. The second-order valence-electron chi connectivity index (χ2n) is 4.44. The predicted octanol–water partition coefficient (Wildman–Crippen LogP) is 1.88. The number of rotatable bonds is 5. The molecule has 8 heteroatoms. The van der Waals surface area contributed by atoms with Crippen molar-refractivity contribution in [2.45, 2.75) is 11.3 Å². The van der Waals surface area contributed by atoms with Crippen LogP contribution in [-0.2, 0) is 11.8 Å². The molecule has 0 N–H and O–H groups in total. The van der Waals surface area contributed by atoms with Crippen LogP contribution in [0.5, 0.6) is 0 Å². The van der Waals surface area contributed by atoms with Gasteiger partial charge in [0.2, 0.25) is 0 Å². The Bertz CT molecular complexity index is 637. The van der Waals surface area contributed by atoms with E-state index in [1.807, 2.05) is 11.6 Å². The minimum atomic E-state index is -0.419. The first-order chi connectivity index (χ1) is 9.65. The summed E-state index contributed by atoms with van der Waals surface area (Å²) < 4.78 is 7.04. The molecular formula is C12H12N4O3S. The molecule has 1 aliphatic heterocycles. The van der Waals surface area contributed by atoms with E-state index in [2.05, 4.69) is 10.2 Å². The molecule has 0 spiro atoms. The number of nitro benzene ring substituents is 1. The van der Waals surface area contributed by atoms with Gasteiger partial charge in [0, 0.05) is 30.5 Å². The summed E-state index contributed by atoms with van der Waals surface area (Å²) in [5.41, 5.74) is 0.872. The van der Waals surface area contributed by atoms with Gasteiger partial charge >= 0.3 is 0 Å². The van der Waals surface area contributed by atoms with Crippen LogP contribution in [0, 0.1) is 10.1 Å². The topological polar surface area (TPSA) is 86.4 Å². The molecule has 0 saturated carbocycles. The smallest absolute Gasteiger partial charge is 0.269 e. The van der Waals surface area contributed by atoms with E-state index >= 15 is 0 Å². The van der Waals surface area contributed by atoms with E-state index < -0.39 is 4.92 Å². The predicted molar refractivity (Wildman–Crippen MR) is 73.6 cm³/mol. The molecule has 1 aromatic carbocycles. The van der Waals surface area contributed by atoms with E-state index in [1.165, 1.54) is 12.1 Å². The summed E-state index contributed by atoms with van der Waals surface area (Å²) in [6.07, 6.45) is 0.333. The summed E-state index contributed by atoms with van der Waals surface area (Å²) in [5, 5.41) is 19.7. The van der Waals surface area contributed by atoms with Gasteiger partial charge in [-0.3, -0.25) is 10.1 Å². The number of hydrogen-bond donors (Lipinski definition) is 0. The minimum absolute atomic E-state index is 0.0661. The SMILES string of the molecule is Cn1c(SCC2CO2)nnc1-c1ccc([N+](=O)[O-])cc1. The van der Waals surface area contributed by atoms with Gasteiger partial charge in [0.15, 0.2) is 11.0 Å². The molecule has 1 aromatic heterocycles. The van der Waals surface area contributed by atoms with Crippen molar-refractivity contribution in [2.75, 3.05) is 12.4 Å². The number of non-ortho nitro benzene ring substituents is 1. The quantitative estimate of drug-likeness (QED) is 0.362. The summed E-state index contributed by atoms with van der Waals surface area (Å²) in [6, 6.07) is 6.30. The molecule has 0 bridgehead atoms. The molecule has 1 fully saturated rings. The van der Waals surface area contributed by atoms with Crippen molar-refractivity contribution in [1.82, 2.24) is 14.8 Å². The molecule has 1 atom stereocenters. The first-order valence-corrected chi connectivity index (χ1v) is 7.02. The molecule has 0 aliphatic carbocycles. The van der Waals surface area contributed by atoms with E-state index in [0.29, 0.717) is 11.9 Å². The first kappa shape index (κ1) is 13.1.